The second kappa shape index (κ2) is 7.00. The molecule has 0 radical (unpaired) electrons. The second-order valence-electron chi connectivity index (χ2n) is 7.42. The van der Waals surface area contributed by atoms with Gasteiger partial charge in [-0.25, -0.2) is 4.98 Å². The molecule has 25 heavy (non-hydrogen) atoms. The number of carboxylic acid groups (broad SMARTS) is 1. The summed E-state index contributed by atoms with van der Waals surface area (Å²) in [6, 6.07) is 8.35. The molecule has 0 saturated carbocycles. The molecule has 1 aliphatic heterocycles. The fourth-order valence-electron chi connectivity index (χ4n) is 3.81. The lowest BCUT2D eigenvalue weighted by Crippen LogP contribution is -2.47. The summed E-state index contributed by atoms with van der Waals surface area (Å²) in [5.74, 6) is -0.704. The molecule has 134 valence electrons. The molecule has 0 bridgehead atoms. The zero-order valence-corrected chi connectivity index (χ0v) is 15.3. The first-order valence-corrected chi connectivity index (χ1v) is 8.96. The minimum absolute atomic E-state index is 0.382. The molecule has 5 heteroatoms. The second-order valence-corrected chi connectivity index (χ2v) is 7.42. The number of aryl methyl sites for hydroxylation is 1. The van der Waals surface area contributed by atoms with E-state index in [0.717, 1.165) is 30.8 Å². The molecular weight excluding hydrogens is 314 g/mol. The molecule has 5 nitrogen and oxygen atoms in total. The van der Waals surface area contributed by atoms with E-state index in [-0.39, 0.29) is 0 Å². The average Bonchev–Trinajstić information content (AvgIpc) is 3.04. The number of imidazole rings is 1. The monoisotopic (exact) mass is 341 g/mol. The molecule has 2 aromatic rings. The fourth-order valence-corrected chi connectivity index (χ4v) is 3.81. The number of rotatable bonds is 5. The number of carboxylic acids is 1. The molecule has 0 amide bonds. The Morgan fingerprint density at radius 3 is 2.64 bits per heavy atom. The quantitative estimate of drug-likeness (QED) is 0.906. The van der Waals surface area contributed by atoms with E-state index in [0.29, 0.717) is 18.9 Å². The minimum atomic E-state index is -0.763. The van der Waals surface area contributed by atoms with Gasteiger partial charge in [-0.05, 0) is 52.3 Å². The number of aliphatic carboxylic acids is 1. The molecule has 0 aliphatic carbocycles. The number of nitrogens with zero attached hydrogens (tertiary/aromatic N) is 3. The summed E-state index contributed by atoms with van der Waals surface area (Å²) in [5, 5.41) is 9.96. The standard InChI is InChI=1S/C20H27N3O2/c1-15(2)23-14-21-12-18(23)13-22-9-7-20(8-10-22,19(24)25)17-6-4-5-16(3)11-17/h4-6,11-12,14-15H,7-10,13H2,1-3H3,(H,24,25). The van der Waals surface area contributed by atoms with E-state index in [1.807, 2.05) is 43.7 Å². The highest BCUT2D eigenvalue weighted by Gasteiger charge is 2.43. The van der Waals surface area contributed by atoms with E-state index >= 15 is 0 Å². The van der Waals surface area contributed by atoms with E-state index in [9.17, 15) is 9.90 Å². The summed E-state index contributed by atoms with van der Waals surface area (Å²) in [6.45, 7) is 8.69. The number of hydrogen-bond acceptors (Lipinski definition) is 3. The van der Waals surface area contributed by atoms with Crippen molar-refractivity contribution in [2.75, 3.05) is 13.1 Å². The summed E-state index contributed by atoms with van der Waals surface area (Å²) in [5.41, 5.74) is 2.47. The van der Waals surface area contributed by atoms with Gasteiger partial charge in [-0.15, -0.1) is 0 Å². The van der Waals surface area contributed by atoms with Crippen molar-refractivity contribution in [3.8, 4) is 0 Å². The third kappa shape index (κ3) is 3.47. The van der Waals surface area contributed by atoms with Crippen molar-refractivity contribution in [3.05, 3.63) is 53.6 Å². The molecular formula is C20H27N3O2. The lowest BCUT2D eigenvalue weighted by molar-refractivity contribution is -0.146. The number of likely N-dealkylation sites (tertiary alicyclic amines) is 1. The van der Waals surface area contributed by atoms with E-state index in [4.69, 9.17) is 0 Å². The van der Waals surface area contributed by atoms with Crippen molar-refractivity contribution in [2.45, 2.75) is 51.6 Å². The third-order valence-corrected chi connectivity index (χ3v) is 5.38. The van der Waals surface area contributed by atoms with Gasteiger partial charge in [-0.1, -0.05) is 29.8 Å². The first-order valence-electron chi connectivity index (χ1n) is 8.96. The third-order valence-electron chi connectivity index (χ3n) is 5.38. The Hall–Kier alpha value is -2.14. The van der Waals surface area contributed by atoms with Gasteiger partial charge in [0.05, 0.1) is 17.4 Å². The largest absolute Gasteiger partial charge is 0.481 e. The lowest BCUT2D eigenvalue weighted by Gasteiger charge is -2.39. The van der Waals surface area contributed by atoms with Gasteiger partial charge in [0.1, 0.15) is 0 Å². The first kappa shape index (κ1) is 17.7. The highest BCUT2D eigenvalue weighted by Crippen LogP contribution is 2.36. The van der Waals surface area contributed by atoms with Gasteiger partial charge in [-0.3, -0.25) is 9.69 Å². The summed E-state index contributed by atoms with van der Waals surface area (Å²) >= 11 is 0. The molecule has 1 saturated heterocycles. The zero-order chi connectivity index (χ0) is 18.0. The van der Waals surface area contributed by atoms with Crippen molar-refractivity contribution in [3.63, 3.8) is 0 Å². The van der Waals surface area contributed by atoms with Crippen LogP contribution in [-0.2, 0) is 16.8 Å². The van der Waals surface area contributed by atoms with Crippen LogP contribution in [0.4, 0.5) is 0 Å². The van der Waals surface area contributed by atoms with Gasteiger partial charge in [0.15, 0.2) is 0 Å². The molecule has 1 aliphatic rings. The lowest BCUT2D eigenvalue weighted by atomic mass is 9.72. The molecule has 3 rings (SSSR count). The number of benzene rings is 1. The molecule has 0 atom stereocenters. The van der Waals surface area contributed by atoms with Crippen molar-refractivity contribution < 1.29 is 9.90 Å². The molecule has 0 unspecified atom stereocenters. The Balaban J connectivity index is 1.74. The van der Waals surface area contributed by atoms with Crippen molar-refractivity contribution in [1.82, 2.24) is 14.5 Å². The molecule has 1 fully saturated rings. The highest BCUT2D eigenvalue weighted by atomic mass is 16.4. The van der Waals surface area contributed by atoms with Gasteiger partial charge in [0, 0.05) is 18.8 Å². The van der Waals surface area contributed by atoms with Crippen LogP contribution in [0.5, 0.6) is 0 Å². The number of carbonyl (C=O) groups is 1. The Bertz CT molecular complexity index is 743. The predicted molar refractivity (Wildman–Crippen MR) is 97.6 cm³/mol. The fraction of sp³-hybridized carbons (Fsp3) is 0.500. The summed E-state index contributed by atoms with van der Waals surface area (Å²) in [7, 11) is 0. The van der Waals surface area contributed by atoms with E-state index in [1.165, 1.54) is 5.69 Å². The smallest absolute Gasteiger partial charge is 0.314 e. The van der Waals surface area contributed by atoms with Gasteiger partial charge in [0.2, 0.25) is 0 Å². The Kier molecular flexibility index (Phi) is 4.95. The highest BCUT2D eigenvalue weighted by molar-refractivity contribution is 5.81. The summed E-state index contributed by atoms with van der Waals surface area (Å²) < 4.78 is 2.18. The SMILES string of the molecule is Cc1cccc(C2(C(=O)O)CCN(Cc3cncn3C(C)C)CC2)c1. The topological polar surface area (TPSA) is 58.4 Å². The van der Waals surface area contributed by atoms with Crippen LogP contribution < -0.4 is 0 Å². The normalized spacial score (nSPS) is 17.8. The van der Waals surface area contributed by atoms with Crippen LogP contribution in [-0.4, -0.2) is 38.6 Å². The number of hydrogen-bond donors (Lipinski definition) is 1. The molecule has 1 N–H and O–H groups in total. The molecule has 1 aromatic carbocycles. The Morgan fingerprint density at radius 2 is 2.04 bits per heavy atom. The van der Waals surface area contributed by atoms with Crippen molar-refractivity contribution in [1.29, 1.82) is 0 Å². The number of aromatic nitrogens is 2. The minimum Gasteiger partial charge on any atom is -0.481 e. The Labute approximate surface area is 149 Å². The Morgan fingerprint density at radius 1 is 1.32 bits per heavy atom. The average molecular weight is 341 g/mol. The number of piperidine rings is 1. The van der Waals surface area contributed by atoms with Crippen LogP contribution in [0.1, 0.15) is 49.6 Å². The zero-order valence-electron chi connectivity index (χ0n) is 15.3. The van der Waals surface area contributed by atoms with Crippen LogP contribution in [0.2, 0.25) is 0 Å². The van der Waals surface area contributed by atoms with Crippen LogP contribution in [0.25, 0.3) is 0 Å². The van der Waals surface area contributed by atoms with Gasteiger partial charge in [-0.2, -0.15) is 0 Å². The van der Waals surface area contributed by atoms with Crippen molar-refractivity contribution in [2.24, 2.45) is 0 Å². The van der Waals surface area contributed by atoms with E-state index in [2.05, 4.69) is 28.3 Å². The summed E-state index contributed by atoms with van der Waals surface area (Å²) in [4.78, 5) is 18.7. The van der Waals surface area contributed by atoms with Gasteiger partial charge >= 0.3 is 5.97 Å². The maximum Gasteiger partial charge on any atom is 0.314 e. The molecule has 2 heterocycles. The summed E-state index contributed by atoms with van der Waals surface area (Å²) in [6.07, 6.45) is 5.07. The van der Waals surface area contributed by atoms with Crippen LogP contribution in [0, 0.1) is 6.92 Å². The van der Waals surface area contributed by atoms with Crippen LogP contribution >= 0.6 is 0 Å². The van der Waals surface area contributed by atoms with Crippen LogP contribution in [0.15, 0.2) is 36.8 Å². The maximum atomic E-state index is 12.1. The van der Waals surface area contributed by atoms with Gasteiger partial charge in [0.25, 0.3) is 0 Å². The van der Waals surface area contributed by atoms with E-state index < -0.39 is 11.4 Å². The molecule has 1 aromatic heterocycles. The van der Waals surface area contributed by atoms with Crippen molar-refractivity contribution >= 4 is 5.97 Å². The van der Waals surface area contributed by atoms with Gasteiger partial charge < -0.3 is 9.67 Å². The first-order chi connectivity index (χ1) is 11.9. The van der Waals surface area contributed by atoms with E-state index in [1.54, 1.807) is 0 Å². The van der Waals surface area contributed by atoms with Crippen LogP contribution in [0.3, 0.4) is 0 Å². The molecule has 0 spiro atoms. The maximum absolute atomic E-state index is 12.1. The predicted octanol–water partition coefficient (Wildman–Crippen LogP) is 3.39.